The van der Waals surface area contributed by atoms with Crippen molar-refractivity contribution in [2.75, 3.05) is 62.9 Å². The number of hydrogen-bond acceptors (Lipinski definition) is 10. The van der Waals surface area contributed by atoms with E-state index in [1.54, 1.807) is 61.7 Å². The smallest absolute Gasteiger partial charge is 0.229 e. The Hall–Kier alpha value is -4.71. The van der Waals surface area contributed by atoms with Crippen LogP contribution in [0.25, 0.3) is 10.9 Å². The normalized spacial score (nSPS) is 16.5. The highest BCUT2D eigenvalue weighted by Gasteiger charge is 2.29. The average molecular weight is 692 g/mol. The number of rotatable bonds is 10. The molecule has 2 aliphatic rings. The van der Waals surface area contributed by atoms with Crippen LogP contribution in [0.4, 0.5) is 28.8 Å². The summed E-state index contributed by atoms with van der Waals surface area (Å²) in [6.07, 6.45) is 4.82. The largest absolute Gasteiger partial charge is 0.494 e. The zero-order valence-electron chi connectivity index (χ0n) is 28.9. The molecule has 2 aliphatic heterocycles. The maximum Gasteiger partial charge on any atom is 0.229 e. The Morgan fingerprint density at radius 3 is 2.20 bits per heavy atom. The van der Waals surface area contributed by atoms with Gasteiger partial charge in [0.05, 0.1) is 33.8 Å². The van der Waals surface area contributed by atoms with Crippen LogP contribution in [0.3, 0.4) is 0 Å². The molecule has 2 saturated heterocycles. The first-order chi connectivity index (χ1) is 24.3. The molecule has 2 N–H and O–H groups in total. The lowest BCUT2D eigenvalue weighted by Gasteiger charge is -2.43. The van der Waals surface area contributed by atoms with E-state index in [1.165, 1.54) is 25.9 Å². The molecule has 0 spiro atoms. The third-order valence-electron chi connectivity index (χ3n) is 10.1. The topological polar surface area (TPSA) is 103 Å². The monoisotopic (exact) mass is 691 g/mol. The maximum absolute atomic E-state index is 13.6. The van der Waals surface area contributed by atoms with Crippen LogP contribution in [0.2, 0.25) is 0 Å². The van der Waals surface area contributed by atoms with Gasteiger partial charge in [0.2, 0.25) is 15.8 Å². The first kappa shape index (κ1) is 33.8. The summed E-state index contributed by atoms with van der Waals surface area (Å²) < 4.78 is 33.1. The molecule has 7 rings (SSSR count). The van der Waals surface area contributed by atoms with Crippen LogP contribution in [0, 0.1) is 0 Å². The van der Waals surface area contributed by atoms with Gasteiger partial charge in [0.15, 0.2) is 0 Å². The fourth-order valence-electron chi connectivity index (χ4n) is 7.24. The lowest BCUT2D eigenvalue weighted by Crippen LogP contribution is -2.50. The number of sulfone groups is 1. The van der Waals surface area contributed by atoms with Crippen molar-refractivity contribution in [1.82, 2.24) is 19.8 Å². The number of aromatic nitrogens is 2. The molecule has 10 nitrogen and oxygen atoms in total. The highest BCUT2D eigenvalue weighted by atomic mass is 32.2. The highest BCUT2D eigenvalue weighted by molar-refractivity contribution is 7.91. The molecule has 260 valence electrons. The van der Waals surface area contributed by atoms with Crippen LogP contribution in [0.15, 0.2) is 107 Å². The fourth-order valence-corrected chi connectivity index (χ4v) is 8.68. The van der Waals surface area contributed by atoms with Crippen LogP contribution in [0.1, 0.15) is 25.7 Å². The van der Waals surface area contributed by atoms with E-state index >= 15 is 0 Å². The Morgan fingerprint density at radius 1 is 0.760 bits per heavy atom. The van der Waals surface area contributed by atoms with Gasteiger partial charge in [-0.3, -0.25) is 0 Å². The van der Waals surface area contributed by atoms with Crippen LogP contribution < -0.4 is 20.3 Å². The molecular weight excluding hydrogens is 647 g/mol. The number of hydrogen-bond donors (Lipinski definition) is 2. The minimum Gasteiger partial charge on any atom is -0.494 e. The van der Waals surface area contributed by atoms with Crippen molar-refractivity contribution in [2.24, 2.45) is 0 Å². The van der Waals surface area contributed by atoms with Gasteiger partial charge in [-0.1, -0.05) is 42.5 Å². The van der Waals surface area contributed by atoms with E-state index in [2.05, 4.69) is 51.6 Å². The SMILES string of the molecule is COc1cc(N2CCC(N3CCC(N(C)C)CC3)CC2)ccc1Nc1nc(Nc2ccccc2S(=O)(=O)c2ccccc2)c2ccccc2n1. The Morgan fingerprint density at radius 2 is 1.46 bits per heavy atom. The maximum atomic E-state index is 13.6. The van der Waals surface area contributed by atoms with Crippen molar-refractivity contribution < 1.29 is 13.2 Å². The van der Waals surface area contributed by atoms with Gasteiger partial charge in [-0.15, -0.1) is 0 Å². The summed E-state index contributed by atoms with van der Waals surface area (Å²) in [6.45, 7) is 4.40. The molecule has 0 saturated carbocycles. The van der Waals surface area contributed by atoms with Crippen LogP contribution >= 0.6 is 0 Å². The Kier molecular flexibility index (Phi) is 9.89. The second kappa shape index (κ2) is 14.6. The molecule has 0 aliphatic carbocycles. The summed E-state index contributed by atoms with van der Waals surface area (Å²) in [5.41, 5.74) is 3.01. The number of nitrogens with one attached hydrogen (secondary N) is 2. The number of para-hydroxylation sites is 2. The van der Waals surface area contributed by atoms with Gasteiger partial charge in [-0.2, -0.15) is 4.98 Å². The molecule has 0 atom stereocenters. The van der Waals surface area contributed by atoms with Gasteiger partial charge in [-0.25, -0.2) is 13.4 Å². The van der Waals surface area contributed by atoms with Crippen LogP contribution in [-0.4, -0.2) is 87.7 Å². The number of ether oxygens (including phenoxy) is 1. The van der Waals surface area contributed by atoms with Gasteiger partial charge in [0.1, 0.15) is 11.6 Å². The lowest BCUT2D eigenvalue weighted by atomic mass is 9.97. The number of fused-ring (bicyclic) bond motifs is 1. The second-order valence-corrected chi connectivity index (χ2v) is 15.2. The number of nitrogens with zero attached hydrogens (tertiary/aromatic N) is 5. The predicted octanol–water partition coefficient (Wildman–Crippen LogP) is 6.95. The fraction of sp³-hybridized carbons (Fsp3) is 0.333. The molecule has 11 heteroatoms. The van der Waals surface area contributed by atoms with E-state index in [0.29, 0.717) is 40.8 Å². The first-order valence-electron chi connectivity index (χ1n) is 17.3. The number of benzene rings is 4. The quantitative estimate of drug-likeness (QED) is 0.160. The van der Waals surface area contributed by atoms with E-state index in [-0.39, 0.29) is 9.79 Å². The van der Waals surface area contributed by atoms with E-state index in [4.69, 9.17) is 14.7 Å². The predicted molar refractivity (Wildman–Crippen MR) is 201 cm³/mol. The number of anilines is 5. The summed E-state index contributed by atoms with van der Waals surface area (Å²) in [7, 11) is 2.28. The van der Waals surface area contributed by atoms with Gasteiger partial charge >= 0.3 is 0 Å². The molecule has 4 aromatic carbocycles. The van der Waals surface area contributed by atoms with E-state index in [1.807, 2.05) is 30.3 Å². The lowest BCUT2D eigenvalue weighted by molar-refractivity contribution is 0.0960. The molecule has 2 fully saturated rings. The minimum atomic E-state index is -3.78. The van der Waals surface area contributed by atoms with Crippen molar-refractivity contribution in [3.05, 3.63) is 97.1 Å². The van der Waals surface area contributed by atoms with Crippen molar-refractivity contribution >= 4 is 49.6 Å². The van der Waals surface area contributed by atoms with Crippen molar-refractivity contribution in [1.29, 1.82) is 0 Å². The molecule has 1 aromatic heterocycles. The summed E-state index contributed by atoms with van der Waals surface area (Å²) >= 11 is 0. The Labute approximate surface area is 295 Å². The van der Waals surface area contributed by atoms with E-state index < -0.39 is 9.84 Å². The summed E-state index contributed by atoms with van der Waals surface area (Å²) in [5.74, 6) is 1.54. The van der Waals surface area contributed by atoms with Crippen molar-refractivity contribution in [2.45, 2.75) is 47.6 Å². The third-order valence-corrected chi connectivity index (χ3v) is 11.9. The molecule has 50 heavy (non-hydrogen) atoms. The Bertz CT molecular complexity index is 2040. The number of methoxy groups -OCH3 is 1. The summed E-state index contributed by atoms with van der Waals surface area (Å²) in [4.78, 5) is 17.6. The molecule has 5 aromatic rings. The molecular formula is C39H45N7O3S. The first-order valence-corrected chi connectivity index (χ1v) is 18.8. The zero-order chi connectivity index (χ0) is 34.7. The highest BCUT2D eigenvalue weighted by Crippen LogP contribution is 2.36. The average Bonchev–Trinajstić information content (AvgIpc) is 3.15. The standard InChI is InChI=1S/C39H45N7O3S/c1-44(2)28-19-23-45(24-20-28)29-21-25-46(26-22-29)30-17-18-34(36(27-30)49-3)42-39-41-33-14-8-7-13-32(33)38(43-39)40-35-15-9-10-16-37(35)50(47,48)31-11-5-4-6-12-31/h4-18,27-29H,19-26H2,1-3H3,(H2,40,41,42,43). The third kappa shape index (κ3) is 7.12. The second-order valence-electron chi connectivity index (χ2n) is 13.3. The molecule has 0 unspecified atom stereocenters. The van der Waals surface area contributed by atoms with Crippen LogP contribution in [0.5, 0.6) is 5.75 Å². The van der Waals surface area contributed by atoms with E-state index in [0.717, 1.165) is 42.7 Å². The zero-order valence-corrected chi connectivity index (χ0v) is 29.7. The van der Waals surface area contributed by atoms with Crippen LogP contribution in [-0.2, 0) is 9.84 Å². The minimum absolute atomic E-state index is 0.165. The van der Waals surface area contributed by atoms with E-state index in [9.17, 15) is 8.42 Å². The van der Waals surface area contributed by atoms with Gasteiger partial charge in [0, 0.05) is 42.3 Å². The molecule has 3 heterocycles. The van der Waals surface area contributed by atoms with Gasteiger partial charge in [0.25, 0.3) is 0 Å². The number of piperidine rings is 2. The molecule has 0 radical (unpaired) electrons. The Balaban J connectivity index is 1.10. The van der Waals surface area contributed by atoms with Crippen molar-refractivity contribution in [3.8, 4) is 5.75 Å². The number of likely N-dealkylation sites (tertiary alicyclic amines) is 1. The van der Waals surface area contributed by atoms with Crippen molar-refractivity contribution in [3.63, 3.8) is 0 Å². The summed E-state index contributed by atoms with van der Waals surface area (Å²) in [6, 6.07) is 30.5. The summed E-state index contributed by atoms with van der Waals surface area (Å²) in [5, 5.41) is 7.45. The van der Waals surface area contributed by atoms with Gasteiger partial charge < -0.3 is 30.1 Å². The molecule has 0 bridgehead atoms. The van der Waals surface area contributed by atoms with Gasteiger partial charge in [-0.05, 0) is 101 Å². The molecule has 0 amide bonds.